The van der Waals surface area contributed by atoms with E-state index in [1.54, 1.807) is 0 Å². The highest BCUT2D eigenvalue weighted by atomic mass is 35.5. The van der Waals surface area contributed by atoms with E-state index in [1.165, 1.54) is 13.3 Å². The molecule has 3 rings (SSSR count). The normalized spacial score (nSPS) is 18.2. The number of nitrogens with zero attached hydrogens (tertiary/aromatic N) is 2. The fourth-order valence-electron chi connectivity index (χ4n) is 2.96. The molecule has 1 aliphatic carbocycles. The van der Waals surface area contributed by atoms with Crippen molar-refractivity contribution in [3.8, 4) is 5.88 Å². The van der Waals surface area contributed by atoms with Crippen molar-refractivity contribution < 1.29 is 14.3 Å². The lowest BCUT2D eigenvalue weighted by Crippen LogP contribution is -2.37. The molecule has 1 aromatic heterocycles. The largest absolute Gasteiger partial charge is 0.476 e. The van der Waals surface area contributed by atoms with Crippen LogP contribution >= 0.6 is 11.6 Å². The first-order valence-electron chi connectivity index (χ1n) is 9.39. The lowest BCUT2D eigenvalue weighted by molar-refractivity contribution is -0.119. The van der Waals surface area contributed by atoms with Crippen LogP contribution < -0.4 is 15.4 Å². The van der Waals surface area contributed by atoms with Gasteiger partial charge in [0, 0.05) is 20.0 Å². The van der Waals surface area contributed by atoms with Crippen molar-refractivity contribution in [1.82, 2.24) is 15.3 Å². The average molecular weight is 405 g/mol. The molecule has 0 radical (unpaired) electrons. The SMILES string of the molecule is CC(=O)NCCOC1CC(COc2ncnc(NCc3ccccc3)c2Cl)C1. The second-order valence-electron chi connectivity index (χ2n) is 6.80. The van der Waals surface area contributed by atoms with E-state index >= 15 is 0 Å². The number of rotatable bonds is 10. The van der Waals surface area contributed by atoms with Crippen LogP contribution in [0.25, 0.3) is 0 Å². The standard InChI is InChI=1S/C20H25ClN4O3/c1-14(26)22-7-8-27-17-9-16(10-17)12-28-20-18(21)19(24-13-25-20)23-11-15-5-3-2-4-6-15/h2-6,13,16-17H,7-12H2,1H3,(H,22,26)(H,23,24,25). The van der Waals surface area contributed by atoms with E-state index in [2.05, 4.69) is 20.6 Å². The summed E-state index contributed by atoms with van der Waals surface area (Å²) in [5, 5.41) is 6.32. The van der Waals surface area contributed by atoms with E-state index in [-0.39, 0.29) is 12.0 Å². The minimum absolute atomic E-state index is 0.0390. The molecule has 0 unspecified atom stereocenters. The molecule has 1 saturated carbocycles. The first kappa shape index (κ1) is 20.4. The Morgan fingerprint density at radius 1 is 1.25 bits per heavy atom. The fourth-order valence-corrected chi connectivity index (χ4v) is 3.17. The van der Waals surface area contributed by atoms with Crippen LogP contribution in [0.5, 0.6) is 5.88 Å². The highest BCUT2D eigenvalue weighted by molar-refractivity contribution is 6.34. The average Bonchev–Trinajstić information content (AvgIpc) is 2.66. The van der Waals surface area contributed by atoms with Crippen LogP contribution in [0.15, 0.2) is 36.7 Å². The first-order valence-corrected chi connectivity index (χ1v) is 9.76. The lowest BCUT2D eigenvalue weighted by atomic mass is 9.83. The van der Waals surface area contributed by atoms with Gasteiger partial charge in [-0.1, -0.05) is 41.9 Å². The molecule has 150 valence electrons. The molecule has 1 aliphatic rings. The predicted octanol–water partition coefficient (Wildman–Crippen LogP) is 3.05. The molecule has 0 bridgehead atoms. The molecular formula is C20H25ClN4O3. The molecule has 0 atom stereocenters. The Balaban J connectivity index is 1.39. The first-order chi connectivity index (χ1) is 13.6. The smallest absolute Gasteiger partial charge is 0.237 e. The number of halogens is 1. The highest BCUT2D eigenvalue weighted by Crippen LogP contribution is 2.33. The molecule has 0 spiro atoms. The minimum Gasteiger partial charge on any atom is -0.476 e. The number of carbonyl (C=O) groups is 1. The van der Waals surface area contributed by atoms with Gasteiger partial charge in [0.2, 0.25) is 11.8 Å². The van der Waals surface area contributed by atoms with E-state index < -0.39 is 0 Å². The summed E-state index contributed by atoms with van der Waals surface area (Å²) in [4.78, 5) is 19.1. The summed E-state index contributed by atoms with van der Waals surface area (Å²) in [6, 6.07) is 10.0. The molecule has 1 amide bonds. The molecule has 0 saturated heterocycles. The quantitative estimate of drug-likeness (QED) is 0.592. The zero-order valence-electron chi connectivity index (χ0n) is 15.9. The van der Waals surface area contributed by atoms with Gasteiger partial charge < -0.3 is 20.1 Å². The Kier molecular flexibility index (Phi) is 7.45. The minimum atomic E-state index is -0.0390. The van der Waals surface area contributed by atoms with Crippen LogP contribution in [0, 0.1) is 5.92 Å². The third kappa shape index (κ3) is 6.07. The zero-order chi connectivity index (χ0) is 19.8. The van der Waals surface area contributed by atoms with Crippen LogP contribution in [0.3, 0.4) is 0 Å². The molecule has 28 heavy (non-hydrogen) atoms. The van der Waals surface area contributed by atoms with Gasteiger partial charge in [0.15, 0.2) is 5.82 Å². The molecule has 1 fully saturated rings. The van der Waals surface area contributed by atoms with Crippen LogP contribution in [0.2, 0.25) is 5.02 Å². The Labute approximate surface area is 169 Å². The van der Waals surface area contributed by atoms with Gasteiger partial charge in [-0.15, -0.1) is 0 Å². The summed E-state index contributed by atoms with van der Waals surface area (Å²) in [5.74, 6) is 1.32. The maximum atomic E-state index is 10.8. The summed E-state index contributed by atoms with van der Waals surface area (Å²) >= 11 is 6.39. The third-order valence-corrected chi connectivity index (χ3v) is 4.88. The molecule has 0 aliphatic heterocycles. The topological polar surface area (TPSA) is 85.4 Å². The van der Waals surface area contributed by atoms with E-state index in [0.717, 1.165) is 18.4 Å². The number of nitrogens with one attached hydrogen (secondary N) is 2. The number of aromatic nitrogens is 2. The summed E-state index contributed by atoms with van der Waals surface area (Å²) in [5.41, 5.74) is 1.14. The van der Waals surface area contributed by atoms with Crippen molar-refractivity contribution >= 4 is 23.3 Å². The maximum absolute atomic E-state index is 10.8. The fraction of sp³-hybridized carbons (Fsp3) is 0.450. The second kappa shape index (κ2) is 10.2. The van der Waals surface area contributed by atoms with E-state index in [4.69, 9.17) is 21.1 Å². The Morgan fingerprint density at radius 2 is 2.04 bits per heavy atom. The molecule has 1 aromatic carbocycles. The highest BCUT2D eigenvalue weighted by Gasteiger charge is 2.30. The Hall–Kier alpha value is -2.38. The van der Waals surface area contributed by atoms with Gasteiger partial charge in [-0.2, -0.15) is 0 Å². The molecule has 2 N–H and O–H groups in total. The van der Waals surface area contributed by atoms with Gasteiger partial charge in [-0.05, 0) is 24.3 Å². The van der Waals surface area contributed by atoms with Crippen LogP contribution in [-0.2, 0) is 16.1 Å². The van der Waals surface area contributed by atoms with Crippen LogP contribution in [0.1, 0.15) is 25.3 Å². The summed E-state index contributed by atoms with van der Waals surface area (Å²) in [6.07, 6.45) is 3.54. The second-order valence-corrected chi connectivity index (χ2v) is 7.18. The monoisotopic (exact) mass is 404 g/mol. The summed E-state index contributed by atoms with van der Waals surface area (Å²) in [7, 11) is 0. The number of carbonyl (C=O) groups excluding carboxylic acids is 1. The van der Waals surface area contributed by atoms with E-state index in [0.29, 0.717) is 48.9 Å². The number of hydrogen-bond donors (Lipinski definition) is 2. The number of hydrogen-bond acceptors (Lipinski definition) is 6. The number of amides is 1. The molecule has 7 nitrogen and oxygen atoms in total. The van der Waals surface area contributed by atoms with Gasteiger partial charge in [-0.3, -0.25) is 4.79 Å². The predicted molar refractivity (Wildman–Crippen MR) is 107 cm³/mol. The number of benzene rings is 1. The van der Waals surface area contributed by atoms with Crippen LogP contribution in [-0.4, -0.2) is 41.7 Å². The number of anilines is 1. The molecule has 2 aromatic rings. The third-order valence-electron chi connectivity index (χ3n) is 4.54. The van der Waals surface area contributed by atoms with Gasteiger partial charge >= 0.3 is 0 Å². The Bertz CT molecular complexity index is 769. The van der Waals surface area contributed by atoms with Gasteiger partial charge in [0.1, 0.15) is 11.3 Å². The van der Waals surface area contributed by atoms with Gasteiger partial charge in [-0.25, -0.2) is 9.97 Å². The molecule has 8 heteroatoms. The number of ether oxygens (including phenoxy) is 2. The summed E-state index contributed by atoms with van der Waals surface area (Å²) < 4.78 is 11.5. The van der Waals surface area contributed by atoms with Crippen LogP contribution in [0.4, 0.5) is 5.82 Å². The van der Waals surface area contributed by atoms with Gasteiger partial charge in [0.05, 0.1) is 19.3 Å². The lowest BCUT2D eigenvalue weighted by Gasteiger charge is -2.34. The molecular weight excluding hydrogens is 380 g/mol. The van der Waals surface area contributed by atoms with Crippen molar-refractivity contribution in [3.05, 3.63) is 47.2 Å². The molecule has 1 heterocycles. The Morgan fingerprint density at radius 3 is 2.79 bits per heavy atom. The zero-order valence-corrected chi connectivity index (χ0v) is 16.6. The van der Waals surface area contributed by atoms with E-state index in [9.17, 15) is 4.79 Å². The van der Waals surface area contributed by atoms with Gasteiger partial charge in [0.25, 0.3) is 0 Å². The van der Waals surface area contributed by atoms with Crippen molar-refractivity contribution in [1.29, 1.82) is 0 Å². The van der Waals surface area contributed by atoms with Crippen molar-refractivity contribution in [2.24, 2.45) is 5.92 Å². The van der Waals surface area contributed by atoms with Crippen molar-refractivity contribution in [2.45, 2.75) is 32.4 Å². The van der Waals surface area contributed by atoms with E-state index in [1.807, 2.05) is 30.3 Å². The maximum Gasteiger partial charge on any atom is 0.237 e. The van der Waals surface area contributed by atoms with Crippen molar-refractivity contribution in [2.75, 3.05) is 25.1 Å². The van der Waals surface area contributed by atoms with Crippen molar-refractivity contribution in [3.63, 3.8) is 0 Å². The summed E-state index contributed by atoms with van der Waals surface area (Å²) in [6.45, 7) is 3.74.